The van der Waals surface area contributed by atoms with Crippen LogP contribution in [0, 0.1) is 6.92 Å². The van der Waals surface area contributed by atoms with Crippen LogP contribution in [0.4, 0.5) is 5.69 Å². The molecule has 150 valence electrons. The van der Waals surface area contributed by atoms with Crippen LogP contribution in [0.15, 0.2) is 48.5 Å². The van der Waals surface area contributed by atoms with Gasteiger partial charge in [0, 0.05) is 22.2 Å². The predicted molar refractivity (Wildman–Crippen MR) is 125 cm³/mol. The van der Waals surface area contributed by atoms with Crippen LogP contribution < -0.4 is 10.1 Å². The summed E-state index contributed by atoms with van der Waals surface area (Å²) >= 11 is 11.1. The Morgan fingerprint density at radius 2 is 1.97 bits per heavy atom. The highest BCUT2D eigenvalue weighted by Crippen LogP contribution is 2.45. The fourth-order valence-corrected chi connectivity index (χ4v) is 6.74. The molecule has 1 aromatic heterocycles. The van der Waals surface area contributed by atoms with E-state index >= 15 is 0 Å². The normalized spacial score (nSPS) is 14.1. The van der Waals surface area contributed by atoms with Gasteiger partial charge in [-0.15, -0.1) is 34.9 Å². The molecular weight excluding hydrogens is 444 g/mol. The molecule has 3 aromatic rings. The molecule has 2 aromatic carbocycles. The first-order chi connectivity index (χ1) is 14.1. The first-order valence-corrected chi connectivity index (χ1v) is 12.4. The predicted octanol–water partition coefficient (Wildman–Crippen LogP) is 6.41. The monoisotopic (exact) mass is 462 g/mol. The number of hydrogen-bond acceptors (Lipinski definition) is 6. The zero-order valence-electron chi connectivity index (χ0n) is 15.7. The molecule has 1 fully saturated rings. The minimum atomic E-state index is -0.137. The van der Waals surface area contributed by atoms with Crippen LogP contribution >= 0.6 is 46.5 Å². The van der Waals surface area contributed by atoms with E-state index in [2.05, 4.69) is 22.4 Å². The molecular formula is C21H19ClN2O2S3. The van der Waals surface area contributed by atoms with E-state index in [1.807, 2.05) is 54.7 Å². The van der Waals surface area contributed by atoms with Gasteiger partial charge in [-0.25, -0.2) is 4.98 Å². The lowest BCUT2D eigenvalue weighted by Gasteiger charge is -2.11. The van der Waals surface area contributed by atoms with Crippen LogP contribution in [0.5, 0.6) is 5.75 Å². The van der Waals surface area contributed by atoms with E-state index in [1.165, 1.54) is 28.4 Å². The van der Waals surface area contributed by atoms with E-state index in [1.54, 1.807) is 12.1 Å². The van der Waals surface area contributed by atoms with Crippen molar-refractivity contribution >= 4 is 58.1 Å². The fourth-order valence-electron chi connectivity index (χ4n) is 2.90. The molecule has 1 aliphatic heterocycles. The SMILES string of the molecule is Cc1nc(COc2ccc(Cl)cc2)sc1C(=O)Nc1cccc(C2SCCS2)c1. The van der Waals surface area contributed by atoms with E-state index in [0.29, 0.717) is 32.5 Å². The number of aryl methyl sites for hydroxylation is 1. The third-order valence-electron chi connectivity index (χ3n) is 4.26. The number of amides is 1. The number of nitrogens with one attached hydrogen (secondary N) is 1. The van der Waals surface area contributed by atoms with Gasteiger partial charge in [0.1, 0.15) is 22.2 Å². The minimum Gasteiger partial charge on any atom is -0.486 e. The summed E-state index contributed by atoms with van der Waals surface area (Å²) in [6, 6.07) is 15.3. The summed E-state index contributed by atoms with van der Waals surface area (Å²) in [7, 11) is 0. The van der Waals surface area contributed by atoms with Gasteiger partial charge in [0.05, 0.1) is 10.3 Å². The molecule has 4 nitrogen and oxygen atoms in total. The van der Waals surface area contributed by atoms with Crippen LogP contribution in [-0.4, -0.2) is 22.4 Å². The number of thioether (sulfide) groups is 2. The van der Waals surface area contributed by atoms with Crippen molar-refractivity contribution < 1.29 is 9.53 Å². The highest BCUT2D eigenvalue weighted by molar-refractivity contribution is 8.19. The number of aromatic nitrogens is 1. The topological polar surface area (TPSA) is 51.2 Å². The van der Waals surface area contributed by atoms with E-state index in [4.69, 9.17) is 16.3 Å². The van der Waals surface area contributed by atoms with E-state index in [-0.39, 0.29) is 5.91 Å². The number of carbonyl (C=O) groups excluding carboxylic acids is 1. The Morgan fingerprint density at radius 1 is 1.21 bits per heavy atom. The van der Waals surface area contributed by atoms with Crippen LogP contribution in [0.1, 0.15) is 30.5 Å². The Morgan fingerprint density at radius 3 is 2.72 bits per heavy atom. The number of thiazole rings is 1. The van der Waals surface area contributed by atoms with E-state index in [0.717, 1.165) is 10.7 Å². The zero-order chi connectivity index (χ0) is 20.2. The van der Waals surface area contributed by atoms with Crippen molar-refractivity contribution in [1.29, 1.82) is 0 Å². The summed E-state index contributed by atoms with van der Waals surface area (Å²) in [5.74, 6) is 2.93. The molecule has 1 aliphatic rings. The maximum atomic E-state index is 12.8. The van der Waals surface area contributed by atoms with Gasteiger partial charge in [-0.05, 0) is 48.9 Å². The Kier molecular flexibility index (Phi) is 6.70. The largest absolute Gasteiger partial charge is 0.486 e. The molecule has 2 heterocycles. The fraction of sp³-hybridized carbons (Fsp3) is 0.238. The second-order valence-corrected chi connectivity index (χ2v) is 10.7. The smallest absolute Gasteiger partial charge is 0.267 e. The van der Waals surface area contributed by atoms with Crippen molar-refractivity contribution in [2.24, 2.45) is 0 Å². The quantitative estimate of drug-likeness (QED) is 0.458. The second kappa shape index (κ2) is 9.43. The van der Waals surface area contributed by atoms with Crippen molar-refractivity contribution in [1.82, 2.24) is 4.98 Å². The maximum absolute atomic E-state index is 12.8. The molecule has 0 aliphatic carbocycles. The lowest BCUT2D eigenvalue weighted by atomic mass is 10.2. The highest BCUT2D eigenvalue weighted by Gasteiger charge is 2.20. The van der Waals surface area contributed by atoms with E-state index in [9.17, 15) is 4.79 Å². The molecule has 0 bridgehead atoms. The van der Waals surface area contributed by atoms with Crippen LogP contribution in [0.25, 0.3) is 0 Å². The summed E-state index contributed by atoms with van der Waals surface area (Å²) in [4.78, 5) is 17.9. The van der Waals surface area contributed by atoms with Crippen LogP contribution in [0.3, 0.4) is 0 Å². The molecule has 29 heavy (non-hydrogen) atoms. The van der Waals surface area contributed by atoms with Gasteiger partial charge in [-0.3, -0.25) is 4.79 Å². The molecule has 4 rings (SSSR count). The minimum absolute atomic E-state index is 0.137. The van der Waals surface area contributed by atoms with Crippen molar-refractivity contribution in [2.75, 3.05) is 16.8 Å². The van der Waals surface area contributed by atoms with Gasteiger partial charge >= 0.3 is 0 Å². The molecule has 1 saturated heterocycles. The Bertz CT molecular complexity index is 1000. The van der Waals surface area contributed by atoms with Crippen molar-refractivity contribution in [3.8, 4) is 5.75 Å². The molecule has 0 saturated carbocycles. The van der Waals surface area contributed by atoms with Crippen molar-refractivity contribution in [2.45, 2.75) is 18.1 Å². The lowest BCUT2D eigenvalue weighted by Crippen LogP contribution is -2.11. The number of carbonyl (C=O) groups is 1. The van der Waals surface area contributed by atoms with Gasteiger partial charge in [0.25, 0.3) is 5.91 Å². The molecule has 8 heteroatoms. The second-order valence-electron chi connectivity index (χ2n) is 6.42. The highest BCUT2D eigenvalue weighted by atomic mass is 35.5. The summed E-state index contributed by atoms with van der Waals surface area (Å²) in [5, 5.41) is 4.44. The average molecular weight is 463 g/mol. The summed E-state index contributed by atoms with van der Waals surface area (Å²) < 4.78 is 6.19. The van der Waals surface area contributed by atoms with Gasteiger partial charge in [-0.1, -0.05) is 23.7 Å². The van der Waals surface area contributed by atoms with Gasteiger partial charge in [-0.2, -0.15) is 0 Å². The third-order valence-corrected chi connectivity index (χ3v) is 8.75. The first-order valence-electron chi connectivity index (χ1n) is 9.08. The van der Waals surface area contributed by atoms with Crippen LogP contribution in [0.2, 0.25) is 5.02 Å². The molecule has 0 unspecified atom stereocenters. The zero-order valence-corrected chi connectivity index (χ0v) is 18.9. The Hall–Kier alpha value is -1.67. The number of ether oxygens (including phenoxy) is 1. The van der Waals surface area contributed by atoms with Crippen molar-refractivity contribution in [3.63, 3.8) is 0 Å². The third kappa shape index (κ3) is 5.28. The standard InChI is InChI=1S/C21H19ClN2O2S3/c1-13-19(29-18(23-13)12-26-17-7-5-15(22)6-8-17)20(25)24-16-4-2-3-14(11-16)21-27-9-10-28-21/h2-8,11,21H,9-10,12H2,1H3,(H,24,25). The lowest BCUT2D eigenvalue weighted by molar-refractivity contribution is 0.103. The summed E-state index contributed by atoms with van der Waals surface area (Å²) in [5.41, 5.74) is 2.76. The summed E-state index contributed by atoms with van der Waals surface area (Å²) in [6.07, 6.45) is 0. The molecule has 1 amide bonds. The molecule has 0 atom stereocenters. The number of hydrogen-bond donors (Lipinski definition) is 1. The number of halogens is 1. The van der Waals surface area contributed by atoms with Gasteiger partial charge < -0.3 is 10.1 Å². The molecule has 0 radical (unpaired) electrons. The summed E-state index contributed by atoms with van der Waals surface area (Å²) in [6.45, 7) is 2.16. The molecule has 0 spiro atoms. The Balaban J connectivity index is 1.41. The number of rotatable bonds is 6. The molecule has 1 N–H and O–H groups in total. The van der Waals surface area contributed by atoms with Crippen molar-refractivity contribution in [3.05, 3.63) is 74.7 Å². The average Bonchev–Trinajstić information content (AvgIpc) is 3.38. The maximum Gasteiger partial charge on any atom is 0.267 e. The number of nitrogens with zero attached hydrogens (tertiary/aromatic N) is 1. The van der Waals surface area contributed by atoms with Crippen LogP contribution in [-0.2, 0) is 6.61 Å². The van der Waals surface area contributed by atoms with Gasteiger partial charge in [0.2, 0.25) is 0 Å². The number of anilines is 1. The Labute approximate surface area is 187 Å². The number of benzene rings is 2. The first kappa shape index (κ1) is 20.6. The van der Waals surface area contributed by atoms with Gasteiger partial charge in [0.15, 0.2) is 0 Å². The van der Waals surface area contributed by atoms with E-state index < -0.39 is 0 Å².